The molecule has 3 amide bonds. The van der Waals surface area contributed by atoms with E-state index in [0.29, 0.717) is 5.69 Å². The summed E-state index contributed by atoms with van der Waals surface area (Å²) in [7, 11) is 0. The summed E-state index contributed by atoms with van der Waals surface area (Å²) in [5.41, 5.74) is -0.730. The molecule has 2 aromatic carbocycles. The number of carbonyl (C=O) groups excluding carboxylic acids is 2. The quantitative estimate of drug-likeness (QED) is 0.643. The molecule has 0 heterocycles. The van der Waals surface area contributed by atoms with Crippen LogP contribution in [0.25, 0.3) is 0 Å². The van der Waals surface area contributed by atoms with Crippen LogP contribution in [0.15, 0.2) is 48.5 Å². The molecule has 3 N–H and O–H groups in total. The molecular formula is C22H26FN3O4. The van der Waals surface area contributed by atoms with Crippen LogP contribution in [0, 0.1) is 5.82 Å². The first-order valence-electron chi connectivity index (χ1n) is 9.54. The Labute approximate surface area is 174 Å². The van der Waals surface area contributed by atoms with Gasteiger partial charge in [-0.05, 0) is 51.5 Å². The highest BCUT2D eigenvalue weighted by atomic mass is 19.1. The molecule has 30 heavy (non-hydrogen) atoms. The number of halogens is 1. The number of hydrogen-bond acceptors (Lipinski definition) is 3. The fraction of sp³-hybridized carbons (Fsp3) is 0.318. The lowest BCUT2D eigenvalue weighted by molar-refractivity contribution is -0.122. The molecule has 0 aliphatic carbocycles. The van der Waals surface area contributed by atoms with Gasteiger partial charge >= 0.3 is 6.09 Å². The Hall–Kier alpha value is -3.42. The summed E-state index contributed by atoms with van der Waals surface area (Å²) in [6, 6.07) is 11.4. The zero-order chi connectivity index (χ0) is 22.5. The van der Waals surface area contributed by atoms with E-state index in [1.54, 1.807) is 58.0 Å². The summed E-state index contributed by atoms with van der Waals surface area (Å²) in [4.78, 5) is 38.4. The number of carboxylic acid groups (broad SMARTS) is 1. The molecule has 0 radical (unpaired) electrons. The Balaban J connectivity index is 2.33. The van der Waals surface area contributed by atoms with Crippen molar-refractivity contribution in [3.05, 3.63) is 59.9 Å². The van der Waals surface area contributed by atoms with Gasteiger partial charge in [-0.2, -0.15) is 0 Å². The van der Waals surface area contributed by atoms with E-state index in [1.807, 2.05) is 0 Å². The van der Waals surface area contributed by atoms with Gasteiger partial charge in [-0.15, -0.1) is 0 Å². The first-order chi connectivity index (χ1) is 14.1. The minimum atomic E-state index is -1.24. The van der Waals surface area contributed by atoms with Gasteiger partial charge in [0.05, 0.1) is 11.3 Å². The van der Waals surface area contributed by atoms with Gasteiger partial charge in [0, 0.05) is 11.2 Å². The van der Waals surface area contributed by atoms with Crippen molar-refractivity contribution in [2.24, 2.45) is 0 Å². The van der Waals surface area contributed by atoms with Gasteiger partial charge in [-0.1, -0.05) is 31.2 Å². The molecule has 160 valence electrons. The minimum Gasteiger partial charge on any atom is -0.465 e. The largest absolute Gasteiger partial charge is 0.465 e. The summed E-state index contributed by atoms with van der Waals surface area (Å²) < 4.78 is 14.5. The number of rotatable bonds is 6. The summed E-state index contributed by atoms with van der Waals surface area (Å²) in [5.74, 6) is -2.18. The Morgan fingerprint density at radius 3 is 2.20 bits per heavy atom. The lowest BCUT2D eigenvalue weighted by atomic mass is 10.0. The maximum Gasteiger partial charge on any atom is 0.408 e. The minimum absolute atomic E-state index is 0.0360. The number of amides is 3. The third-order valence-electron chi connectivity index (χ3n) is 4.46. The Bertz CT molecular complexity index is 926. The second-order valence-electron chi connectivity index (χ2n) is 7.72. The molecule has 0 fully saturated rings. The Morgan fingerprint density at radius 1 is 1.03 bits per heavy atom. The maximum atomic E-state index is 14.5. The van der Waals surface area contributed by atoms with Gasteiger partial charge in [0.15, 0.2) is 0 Å². The van der Waals surface area contributed by atoms with E-state index in [9.17, 15) is 23.9 Å². The van der Waals surface area contributed by atoms with E-state index >= 15 is 0 Å². The van der Waals surface area contributed by atoms with Crippen molar-refractivity contribution in [3.63, 3.8) is 0 Å². The van der Waals surface area contributed by atoms with Gasteiger partial charge < -0.3 is 15.7 Å². The fourth-order valence-electron chi connectivity index (χ4n) is 3.16. The van der Waals surface area contributed by atoms with Crippen LogP contribution in [0.1, 0.15) is 44.5 Å². The molecule has 0 aromatic heterocycles. The van der Waals surface area contributed by atoms with Crippen LogP contribution in [0.2, 0.25) is 0 Å². The molecule has 0 saturated carbocycles. The normalized spacial score (nSPS) is 12.0. The summed E-state index contributed by atoms with van der Waals surface area (Å²) >= 11 is 0. The molecule has 0 spiro atoms. The smallest absolute Gasteiger partial charge is 0.408 e. The Morgan fingerprint density at radius 2 is 1.67 bits per heavy atom. The van der Waals surface area contributed by atoms with E-state index in [-0.39, 0.29) is 17.7 Å². The fourth-order valence-corrected chi connectivity index (χ4v) is 3.16. The first-order valence-corrected chi connectivity index (χ1v) is 9.54. The van der Waals surface area contributed by atoms with Gasteiger partial charge in [0.25, 0.3) is 5.91 Å². The second kappa shape index (κ2) is 9.39. The average molecular weight is 415 g/mol. The highest BCUT2D eigenvalue weighted by molar-refractivity contribution is 6.10. The van der Waals surface area contributed by atoms with Crippen LogP contribution < -0.4 is 10.6 Å². The van der Waals surface area contributed by atoms with Crippen molar-refractivity contribution >= 4 is 29.3 Å². The SMILES string of the molecule is CC[C@@H](C(=O)Nc1cccc(F)c1C(=O)Nc1ccccc1)N(C(=O)O)C(C)(C)C. The Kier molecular flexibility index (Phi) is 7.15. The van der Waals surface area contributed by atoms with Crippen LogP contribution >= 0.6 is 0 Å². The van der Waals surface area contributed by atoms with E-state index in [1.165, 1.54) is 12.1 Å². The van der Waals surface area contributed by atoms with Crippen molar-refractivity contribution in [2.75, 3.05) is 10.6 Å². The number of benzene rings is 2. The molecule has 0 unspecified atom stereocenters. The van der Waals surface area contributed by atoms with Crippen LogP contribution in [-0.2, 0) is 4.79 Å². The van der Waals surface area contributed by atoms with E-state index in [0.717, 1.165) is 11.0 Å². The molecule has 0 bridgehead atoms. The molecule has 7 nitrogen and oxygen atoms in total. The van der Waals surface area contributed by atoms with Crippen LogP contribution in [-0.4, -0.2) is 39.5 Å². The predicted molar refractivity (Wildman–Crippen MR) is 113 cm³/mol. The van der Waals surface area contributed by atoms with Crippen molar-refractivity contribution in [1.82, 2.24) is 4.90 Å². The number of anilines is 2. The van der Waals surface area contributed by atoms with Crippen LogP contribution in [0.4, 0.5) is 20.6 Å². The van der Waals surface area contributed by atoms with Gasteiger partial charge in [-0.3, -0.25) is 14.5 Å². The molecule has 2 rings (SSSR count). The number of para-hydroxylation sites is 1. The first kappa shape index (κ1) is 22.9. The highest BCUT2D eigenvalue weighted by Crippen LogP contribution is 2.24. The summed E-state index contributed by atoms with van der Waals surface area (Å²) in [6.45, 7) is 6.72. The van der Waals surface area contributed by atoms with E-state index < -0.39 is 35.3 Å². The van der Waals surface area contributed by atoms with Gasteiger partial charge in [0.2, 0.25) is 5.91 Å². The average Bonchev–Trinajstić information content (AvgIpc) is 2.65. The zero-order valence-corrected chi connectivity index (χ0v) is 17.4. The third-order valence-corrected chi connectivity index (χ3v) is 4.46. The highest BCUT2D eigenvalue weighted by Gasteiger charge is 2.36. The number of carbonyl (C=O) groups is 3. The van der Waals surface area contributed by atoms with Crippen molar-refractivity contribution < 1.29 is 23.9 Å². The molecule has 0 saturated heterocycles. The van der Waals surface area contributed by atoms with Crippen LogP contribution in [0.3, 0.4) is 0 Å². The second-order valence-corrected chi connectivity index (χ2v) is 7.72. The summed E-state index contributed by atoms with van der Waals surface area (Å²) in [6.07, 6.45) is -1.04. The molecule has 8 heteroatoms. The zero-order valence-electron chi connectivity index (χ0n) is 17.4. The van der Waals surface area contributed by atoms with E-state index in [2.05, 4.69) is 10.6 Å². The third kappa shape index (κ3) is 5.34. The molecular weight excluding hydrogens is 389 g/mol. The standard InChI is InChI=1S/C22H26FN3O4/c1-5-17(26(21(29)30)22(2,3)4)19(27)25-16-13-9-12-15(23)18(16)20(28)24-14-10-7-6-8-11-14/h6-13,17H,5H2,1-4H3,(H,24,28)(H,25,27)(H,29,30)/t17-/m0/s1. The van der Waals surface area contributed by atoms with Crippen molar-refractivity contribution in [3.8, 4) is 0 Å². The number of nitrogens with zero attached hydrogens (tertiary/aromatic N) is 1. The monoisotopic (exact) mass is 415 g/mol. The lowest BCUT2D eigenvalue weighted by Crippen LogP contribution is -2.55. The van der Waals surface area contributed by atoms with Gasteiger partial charge in [0.1, 0.15) is 11.9 Å². The van der Waals surface area contributed by atoms with E-state index in [4.69, 9.17) is 0 Å². The maximum absolute atomic E-state index is 14.5. The topological polar surface area (TPSA) is 98.7 Å². The number of hydrogen-bond donors (Lipinski definition) is 3. The molecule has 0 aliphatic rings. The van der Waals surface area contributed by atoms with Crippen LogP contribution in [0.5, 0.6) is 0 Å². The van der Waals surface area contributed by atoms with Crippen molar-refractivity contribution in [1.29, 1.82) is 0 Å². The molecule has 0 aliphatic heterocycles. The summed E-state index contributed by atoms with van der Waals surface area (Å²) in [5, 5.41) is 14.7. The molecule has 2 aromatic rings. The van der Waals surface area contributed by atoms with Gasteiger partial charge in [-0.25, -0.2) is 9.18 Å². The molecule has 1 atom stereocenters. The lowest BCUT2D eigenvalue weighted by Gasteiger charge is -2.38. The predicted octanol–water partition coefficient (Wildman–Crippen LogP) is 4.57. The number of nitrogens with one attached hydrogen (secondary N) is 2. The van der Waals surface area contributed by atoms with Crippen molar-refractivity contribution in [2.45, 2.75) is 45.7 Å².